The van der Waals surface area contributed by atoms with Gasteiger partial charge in [0.05, 0.1) is 8.66 Å². The monoisotopic (exact) mass is 427 g/mol. The molecule has 1 aliphatic rings. The smallest absolute Gasteiger partial charge is 0.251 e. The van der Waals surface area contributed by atoms with Gasteiger partial charge in [-0.1, -0.05) is 12.1 Å². The van der Waals surface area contributed by atoms with Gasteiger partial charge >= 0.3 is 0 Å². The van der Waals surface area contributed by atoms with Crippen molar-refractivity contribution in [1.82, 2.24) is 5.32 Å². The number of nitrogens with one attached hydrogen (secondary N) is 1. The molecule has 2 aromatic rings. The number of fused-ring (bicyclic) bond motifs is 1. The van der Waals surface area contributed by atoms with Crippen LogP contribution in [0.15, 0.2) is 32.5 Å². The number of ketones is 1. The van der Waals surface area contributed by atoms with Gasteiger partial charge < -0.3 is 5.32 Å². The zero-order valence-electron chi connectivity index (χ0n) is 10.9. The summed E-state index contributed by atoms with van der Waals surface area (Å²) < 4.78 is 1.75. The van der Waals surface area contributed by atoms with Gasteiger partial charge in [-0.3, -0.25) is 9.59 Å². The summed E-state index contributed by atoms with van der Waals surface area (Å²) in [6, 6.07) is 7.20. The van der Waals surface area contributed by atoms with Crippen LogP contribution in [0.3, 0.4) is 0 Å². The number of halogens is 2. The standard InChI is InChI=1S/C15H11Br2NO2S/c16-11-7-12(21-14(11)17)13(19)9-4-3-8-2-1-5-18-15(20)10(8)6-9/h3-4,6-7H,1-2,5H2,(H,18,20). The number of rotatable bonds is 2. The largest absolute Gasteiger partial charge is 0.352 e. The number of hydrogen-bond donors (Lipinski definition) is 1. The molecule has 21 heavy (non-hydrogen) atoms. The molecule has 6 heteroatoms. The van der Waals surface area contributed by atoms with Gasteiger partial charge in [-0.2, -0.15) is 0 Å². The topological polar surface area (TPSA) is 46.2 Å². The highest BCUT2D eigenvalue weighted by Crippen LogP contribution is 2.33. The lowest BCUT2D eigenvalue weighted by Gasteiger charge is -2.06. The van der Waals surface area contributed by atoms with Gasteiger partial charge in [-0.25, -0.2) is 0 Å². The van der Waals surface area contributed by atoms with E-state index in [1.54, 1.807) is 18.2 Å². The second-order valence-electron chi connectivity index (χ2n) is 4.79. The highest BCUT2D eigenvalue weighted by atomic mass is 79.9. The van der Waals surface area contributed by atoms with Crippen molar-refractivity contribution >= 4 is 54.9 Å². The maximum absolute atomic E-state index is 12.5. The Hall–Kier alpha value is -0.980. The Balaban J connectivity index is 2.00. The van der Waals surface area contributed by atoms with Crippen LogP contribution in [-0.2, 0) is 6.42 Å². The van der Waals surface area contributed by atoms with E-state index in [2.05, 4.69) is 37.2 Å². The zero-order valence-corrected chi connectivity index (χ0v) is 14.9. The van der Waals surface area contributed by atoms with Gasteiger partial charge in [0, 0.05) is 22.1 Å². The summed E-state index contributed by atoms with van der Waals surface area (Å²) in [7, 11) is 0. The van der Waals surface area contributed by atoms with Crippen molar-refractivity contribution in [1.29, 1.82) is 0 Å². The number of carbonyl (C=O) groups excluding carboxylic acids is 2. The van der Waals surface area contributed by atoms with Crippen LogP contribution < -0.4 is 5.32 Å². The first-order chi connectivity index (χ1) is 10.1. The fraction of sp³-hybridized carbons (Fsp3) is 0.200. The molecule has 0 saturated carbocycles. The third-order valence-corrected chi connectivity index (χ3v) is 6.65. The third kappa shape index (κ3) is 2.98. The van der Waals surface area contributed by atoms with Crippen LogP contribution in [0.25, 0.3) is 0 Å². The maximum atomic E-state index is 12.5. The van der Waals surface area contributed by atoms with Gasteiger partial charge in [0.15, 0.2) is 0 Å². The normalized spacial score (nSPS) is 14.3. The lowest BCUT2D eigenvalue weighted by atomic mass is 9.98. The highest BCUT2D eigenvalue weighted by Gasteiger charge is 2.19. The Bertz CT molecular complexity index is 720. The summed E-state index contributed by atoms with van der Waals surface area (Å²) >= 11 is 8.16. The average molecular weight is 429 g/mol. The summed E-state index contributed by atoms with van der Waals surface area (Å²) in [5.74, 6) is -0.156. The molecule has 1 aliphatic heterocycles. The van der Waals surface area contributed by atoms with Crippen LogP contribution in [0, 0.1) is 0 Å². The van der Waals surface area contributed by atoms with E-state index in [0.29, 0.717) is 22.5 Å². The van der Waals surface area contributed by atoms with Crippen molar-refractivity contribution in [2.24, 2.45) is 0 Å². The summed E-state index contributed by atoms with van der Waals surface area (Å²) in [5, 5.41) is 2.86. The molecule has 3 nitrogen and oxygen atoms in total. The Labute approximate surface area is 143 Å². The molecule has 0 saturated heterocycles. The lowest BCUT2D eigenvalue weighted by molar-refractivity contribution is 0.0956. The second kappa shape index (κ2) is 6.02. The van der Waals surface area contributed by atoms with Gasteiger partial charge in [0.2, 0.25) is 5.78 Å². The molecule has 0 fully saturated rings. The first kappa shape index (κ1) is 14.9. The number of thiophene rings is 1. The van der Waals surface area contributed by atoms with Crippen molar-refractivity contribution in [3.63, 3.8) is 0 Å². The minimum absolute atomic E-state index is 0.0637. The molecular formula is C15H11Br2NO2S. The average Bonchev–Trinajstić information content (AvgIpc) is 2.70. The van der Waals surface area contributed by atoms with E-state index in [9.17, 15) is 9.59 Å². The Morgan fingerprint density at radius 1 is 1.24 bits per heavy atom. The van der Waals surface area contributed by atoms with Gasteiger partial charge in [0.25, 0.3) is 5.91 Å². The second-order valence-corrected chi connectivity index (χ2v) is 8.02. The first-order valence-corrected chi connectivity index (χ1v) is 8.87. The maximum Gasteiger partial charge on any atom is 0.251 e. The molecule has 3 rings (SSSR count). The molecule has 0 atom stereocenters. The minimum Gasteiger partial charge on any atom is -0.352 e. The van der Waals surface area contributed by atoms with E-state index in [4.69, 9.17) is 0 Å². The van der Waals surface area contributed by atoms with Crippen LogP contribution >= 0.6 is 43.2 Å². The van der Waals surface area contributed by atoms with Crippen molar-refractivity contribution in [2.75, 3.05) is 6.54 Å². The van der Waals surface area contributed by atoms with Gasteiger partial charge in [0.1, 0.15) is 0 Å². The molecule has 0 bridgehead atoms. The number of hydrogen-bond acceptors (Lipinski definition) is 3. The molecular weight excluding hydrogens is 418 g/mol. The molecule has 108 valence electrons. The van der Waals surface area contributed by atoms with E-state index in [-0.39, 0.29) is 11.7 Å². The molecule has 0 aliphatic carbocycles. The summed E-state index contributed by atoms with van der Waals surface area (Å²) in [6.07, 6.45) is 1.79. The molecule has 0 unspecified atom stereocenters. The fourth-order valence-corrected chi connectivity index (χ4v) is 4.32. The fourth-order valence-electron chi connectivity index (χ4n) is 2.32. The summed E-state index contributed by atoms with van der Waals surface area (Å²) in [4.78, 5) is 25.2. The van der Waals surface area contributed by atoms with E-state index in [0.717, 1.165) is 26.7 Å². The van der Waals surface area contributed by atoms with Crippen LogP contribution in [-0.4, -0.2) is 18.2 Å². The zero-order chi connectivity index (χ0) is 15.0. The molecule has 2 heterocycles. The molecule has 1 amide bonds. The minimum atomic E-state index is -0.0920. The van der Waals surface area contributed by atoms with Crippen LogP contribution in [0.4, 0.5) is 0 Å². The van der Waals surface area contributed by atoms with E-state index in [1.807, 2.05) is 6.07 Å². The molecule has 1 aromatic heterocycles. The first-order valence-electron chi connectivity index (χ1n) is 6.47. The summed E-state index contributed by atoms with van der Waals surface area (Å²) in [6.45, 7) is 0.682. The van der Waals surface area contributed by atoms with Crippen molar-refractivity contribution in [2.45, 2.75) is 12.8 Å². The highest BCUT2D eigenvalue weighted by molar-refractivity contribution is 9.13. The number of aryl methyl sites for hydroxylation is 1. The van der Waals surface area contributed by atoms with Crippen molar-refractivity contribution in [3.05, 3.63) is 54.1 Å². The van der Waals surface area contributed by atoms with E-state index in [1.165, 1.54) is 11.3 Å². The van der Waals surface area contributed by atoms with Crippen LogP contribution in [0.2, 0.25) is 0 Å². The Morgan fingerprint density at radius 2 is 2.05 bits per heavy atom. The number of carbonyl (C=O) groups is 2. The van der Waals surface area contributed by atoms with Gasteiger partial charge in [-0.15, -0.1) is 11.3 Å². The molecule has 0 radical (unpaired) electrons. The molecule has 1 N–H and O–H groups in total. The van der Waals surface area contributed by atoms with Crippen LogP contribution in [0.5, 0.6) is 0 Å². The van der Waals surface area contributed by atoms with Crippen molar-refractivity contribution in [3.8, 4) is 0 Å². The van der Waals surface area contributed by atoms with Crippen molar-refractivity contribution < 1.29 is 9.59 Å². The number of benzene rings is 1. The Kier molecular flexibility index (Phi) is 4.28. The van der Waals surface area contributed by atoms with E-state index < -0.39 is 0 Å². The predicted molar refractivity (Wildman–Crippen MR) is 90.2 cm³/mol. The van der Waals surface area contributed by atoms with Gasteiger partial charge in [-0.05, 0) is 62.4 Å². The SMILES string of the molecule is O=C(c1ccc2c(c1)C(=O)NCCC2)c1cc(Br)c(Br)s1. The lowest BCUT2D eigenvalue weighted by Crippen LogP contribution is -2.22. The quantitative estimate of drug-likeness (QED) is 0.729. The molecule has 0 spiro atoms. The molecule has 1 aromatic carbocycles. The Morgan fingerprint density at radius 3 is 2.76 bits per heavy atom. The number of amides is 1. The predicted octanol–water partition coefficient (Wildman–Crippen LogP) is 4.18. The van der Waals surface area contributed by atoms with Crippen LogP contribution in [0.1, 0.15) is 37.6 Å². The third-order valence-electron chi connectivity index (χ3n) is 3.39. The van der Waals surface area contributed by atoms with E-state index >= 15 is 0 Å². The summed E-state index contributed by atoms with van der Waals surface area (Å²) in [5.41, 5.74) is 2.18.